The molecule has 0 aromatic heterocycles. The summed E-state index contributed by atoms with van der Waals surface area (Å²) in [6.45, 7) is 6.31. The maximum atomic E-state index is 12.8. The Hall–Kier alpha value is -2.36. The lowest BCUT2D eigenvalue weighted by Gasteiger charge is -2.15. The number of carbonyl (C=O) groups excluding carboxylic acids is 1. The molecule has 2 aromatic carbocycles. The van der Waals surface area contributed by atoms with Crippen LogP contribution in [0.25, 0.3) is 0 Å². The number of halogens is 1. The Balaban J connectivity index is 1.74. The molecule has 0 aliphatic carbocycles. The van der Waals surface area contributed by atoms with Crippen molar-refractivity contribution < 1.29 is 13.9 Å². The van der Waals surface area contributed by atoms with E-state index in [0.29, 0.717) is 12.3 Å². The minimum atomic E-state index is -0.544. The minimum Gasteiger partial charge on any atom is -0.481 e. The molecule has 0 saturated heterocycles. The Morgan fingerprint density at radius 3 is 2.38 bits per heavy atom. The Labute approximate surface area is 142 Å². The van der Waals surface area contributed by atoms with Crippen molar-refractivity contribution in [2.75, 3.05) is 6.54 Å². The maximum Gasteiger partial charge on any atom is 0.260 e. The van der Waals surface area contributed by atoms with E-state index in [1.165, 1.54) is 12.1 Å². The van der Waals surface area contributed by atoms with Crippen molar-refractivity contribution in [1.29, 1.82) is 0 Å². The summed E-state index contributed by atoms with van der Waals surface area (Å²) < 4.78 is 18.5. The lowest BCUT2D eigenvalue weighted by atomic mass is 10.1. The molecule has 2 rings (SSSR count). The van der Waals surface area contributed by atoms with Gasteiger partial charge in [-0.15, -0.1) is 0 Å². The number of benzene rings is 2. The third-order valence-corrected chi connectivity index (χ3v) is 3.73. The highest BCUT2D eigenvalue weighted by Crippen LogP contribution is 2.17. The third-order valence-electron chi connectivity index (χ3n) is 3.73. The second-order valence-corrected chi connectivity index (χ2v) is 6.10. The molecule has 24 heavy (non-hydrogen) atoms. The number of carbonyl (C=O) groups is 1. The van der Waals surface area contributed by atoms with Gasteiger partial charge in [0.15, 0.2) is 6.10 Å². The van der Waals surface area contributed by atoms with Crippen LogP contribution in [-0.2, 0) is 11.2 Å². The Morgan fingerprint density at radius 2 is 1.75 bits per heavy atom. The number of hydrogen-bond donors (Lipinski definition) is 1. The van der Waals surface area contributed by atoms with Crippen LogP contribution in [-0.4, -0.2) is 18.6 Å². The van der Waals surface area contributed by atoms with E-state index in [0.717, 1.165) is 29.5 Å². The number of hydrogen-bond acceptors (Lipinski definition) is 2. The van der Waals surface area contributed by atoms with E-state index in [-0.39, 0.29) is 11.7 Å². The van der Waals surface area contributed by atoms with Crippen LogP contribution >= 0.6 is 0 Å². The lowest BCUT2D eigenvalue weighted by Crippen LogP contribution is -2.37. The minimum absolute atomic E-state index is 0.131. The average molecular weight is 329 g/mol. The molecule has 1 unspecified atom stereocenters. The molecule has 2 aromatic rings. The van der Waals surface area contributed by atoms with E-state index in [1.54, 1.807) is 19.1 Å². The van der Waals surface area contributed by atoms with Crippen LogP contribution in [0.2, 0.25) is 0 Å². The zero-order chi connectivity index (χ0) is 17.5. The first-order valence-electron chi connectivity index (χ1n) is 8.21. The van der Waals surface area contributed by atoms with Gasteiger partial charge in [0.25, 0.3) is 5.91 Å². The molecule has 1 atom stereocenters. The molecule has 128 valence electrons. The first-order chi connectivity index (χ1) is 11.4. The zero-order valence-electron chi connectivity index (χ0n) is 14.4. The molecule has 0 aliphatic heterocycles. The first kappa shape index (κ1) is 18.0. The van der Waals surface area contributed by atoms with Crippen LogP contribution in [0, 0.1) is 19.7 Å². The molecule has 1 N–H and O–H groups in total. The summed E-state index contributed by atoms with van der Waals surface area (Å²) in [6.07, 6.45) is 1.05. The molecular weight excluding hydrogens is 305 g/mol. The number of nitrogens with one attached hydrogen (secondary N) is 1. The van der Waals surface area contributed by atoms with E-state index >= 15 is 0 Å². The summed E-state index contributed by atoms with van der Waals surface area (Å²) in [6, 6.07) is 12.3. The largest absolute Gasteiger partial charge is 0.481 e. The summed E-state index contributed by atoms with van der Waals surface area (Å²) in [5.41, 5.74) is 3.28. The average Bonchev–Trinajstić information content (AvgIpc) is 2.52. The van der Waals surface area contributed by atoms with Gasteiger partial charge in [0.1, 0.15) is 11.6 Å². The van der Waals surface area contributed by atoms with Crippen LogP contribution in [0.1, 0.15) is 30.0 Å². The van der Waals surface area contributed by atoms with E-state index in [9.17, 15) is 9.18 Å². The van der Waals surface area contributed by atoms with E-state index in [4.69, 9.17) is 4.74 Å². The Morgan fingerprint density at radius 1 is 1.12 bits per heavy atom. The molecular formula is C20H24FNO2. The van der Waals surface area contributed by atoms with Crippen LogP contribution in [0.15, 0.2) is 42.5 Å². The van der Waals surface area contributed by atoms with Gasteiger partial charge in [-0.2, -0.15) is 0 Å². The normalized spacial score (nSPS) is 11.8. The van der Waals surface area contributed by atoms with Gasteiger partial charge in [0.2, 0.25) is 0 Å². The molecule has 1 amide bonds. The quantitative estimate of drug-likeness (QED) is 0.781. The van der Waals surface area contributed by atoms with Gasteiger partial charge in [0, 0.05) is 6.54 Å². The molecule has 0 heterocycles. The van der Waals surface area contributed by atoms with Gasteiger partial charge in [-0.1, -0.05) is 18.2 Å². The zero-order valence-corrected chi connectivity index (χ0v) is 14.4. The number of aryl methyl sites for hydroxylation is 3. The van der Waals surface area contributed by atoms with Crippen molar-refractivity contribution in [2.45, 2.75) is 39.7 Å². The van der Waals surface area contributed by atoms with E-state index in [2.05, 4.69) is 11.4 Å². The molecule has 0 fully saturated rings. The third kappa shape index (κ3) is 5.69. The van der Waals surface area contributed by atoms with Gasteiger partial charge in [-0.3, -0.25) is 4.79 Å². The van der Waals surface area contributed by atoms with Crippen molar-refractivity contribution in [3.8, 4) is 5.75 Å². The summed E-state index contributed by atoms with van der Waals surface area (Å²) in [5.74, 6) is 0.346. The van der Waals surface area contributed by atoms with Gasteiger partial charge in [-0.25, -0.2) is 4.39 Å². The topological polar surface area (TPSA) is 38.3 Å². The van der Waals surface area contributed by atoms with Gasteiger partial charge < -0.3 is 10.1 Å². The van der Waals surface area contributed by atoms with Crippen LogP contribution in [0.3, 0.4) is 0 Å². The molecule has 0 spiro atoms. The van der Waals surface area contributed by atoms with Gasteiger partial charge in [0.05, 0.1) is 0 Å². The Bertz CT molecular complexity index is 662. The van der Waals surface area contributed by atoms with E-state index in [1.807, 2.05) is 26.0 Å². The van der Waals surface area contributed by atoms with Crippen LogP contribution in [0.4, 0.5) is 4.39 Å². The number of rotatable bonds is 7. The fourth-order valence-electron chi connectivity index (χ4n) is 2.56. The smallest absolute Gasteiger partial charge is 0.260 e. The summed E-state index contributed by atoms with van der Waals surface area (Å²) in [7, 11) is 0. The summed E-state index contributed by atoms with van der Waals surface area (Å²) in [4.78, 5) is 12.1. The molecule has 0 radical (unpaired) electrons. The fraction of sp³-hybridized carbons (Fsp3) is 0.350. The van der Waals surface area contributed by atoms with Crippen molar-refractivity contribution in [3.63, 3.8) is 0 Å². The maximum absolute atomic E-state index is 12.8. The molecule has 0 saturated carbocycles. The summed E-state index contributed by atoms with van der Waals surface area (Å²) >= 11 is 0. The number of amides is 1. The Kier molecular flexibility index (Phi) is 6.36. The van der Waals surface area contributed by atoms with Crippen molar-refractivity contribution in [1.82, 2.24) is 5.32 Å². The summed E-state index contributed by atoms with van der Waals surface area (Å²) in [5, 5.41) is 2.88. The highest BCUT2D eigenvalue weighted by Gasteiger charge is 2.14. The molecule has 3 nitrogen and oxygen atoms in total. The molecule has 0 aliphatic rings. The monoisotopic (exact) mass is 329 g/mol. The van der Waals surface area contributed by atoms with E-state index < -0.39 is 6.10 Å². The second-order valence-electron chi connectivity index (χ2n) is 6.10. The van der Waals surface area contributed by atoms with Crippen LogP contribution < -0.4 is 10.1 Å². The molecule has 0 bridgehead atoms. The second kappa shape index (κ2) is 8.48. The van der Waals surface area contributed by atoms with Crippen molar-refractivity contribution in [3.05, 3.63) is 65.0 Å². The SMILES string of the molecule is Cc1cc(C)cc(OC(C)C(=O)NCCCc2ccc(F)cc2)c1. The lowest BCUT2D eigenvalue weighted by molar-refractivity contribution is -0.127. The van der Waals surface area contributed by atoms with Crippen molar-refractivity contribution in [2.24, 2.45) is 0 Å². The standard InChI is InChI=1S/C20H24FNO2/c1-14-11-15(2)13-19(12-14)24-16(3)20(23)22-10-4-5-17-6-8-18(21)9-7-17/h6-9,11-13,16H,4-5,10H2,1-3H3,(H,22,23). The molecule has 4 heteroatoms. The fourth-order valence-corrected chi connectivity index (χ4v) is 2.56. The highest BCUT2D eigenvalue weighted by molar-refractivity contribution is 5.80. The number of ether oxygens (including phenoxy) is 1. The van der Waals surface area contributed by atoms with Gasteiger partial charge in [-0.05, 0) is 74.6 Å². The van der Waals surface area contributed by atoms with Crippen LogP contribution in [0.5, 0.6) is 5.75 Å². The predicted octanol–water partition coefficient (Wildman–Crippen LogP) is 3.96. The highest BCUT2D eigenvalue weighted by atomic mass is 19.1. The van der Waals surface area contributed by atoms with Crippen molar-refractivity contribution >= 4 is 5.91 Å². The van der Waals surface area contributed by atoms with Gasteiger partial charge >= 0.3 is 0 Å². The predicted molar refractivity (Wildman–Crippen MR) is 93.7 cm³/mol. The first-order valence-corrected chi connectivity index (χ1v) is 8.21.